The van der Waals surface area contributed by atoms with Gasteiger partial charge in [0.15, 0.2) is 0 Å². The highest BCUT2D eigenvalue weighted by Gasteiger charge is 2.48. The van der Waals surface area contributed by atoms with Gasteiger partial charge in [0, 0.05) is 92.4 Å². The van der Waals surface area contributed by atoms with Gasteiger partial charge in [0.1, 0.15) is 11.2 Å². The van der Waals surface area contributed by atoms with Gasteiger partial charge in [-0.15, -0.1) is 11.3 Å². The molecule has 0 radical (unpaired) electrons. The molecule has 0 saturated heterocycles. The number of hydrogen-bond donors (Lipinski definition) is 0. The van der Waals surface area contributed by atoms with E-state index in [-0.39, 0.29) is 33.9 Å². The molecule has 3 aliphatic rings. The molecule has 0 atom stereocenters. The lowest BCUT2D eigenvalue weighted by Gasteiger charge is -2.42. The average molecular weight is 1120 g/mol. The number of rotatable bonds is 4. The third-order valence-electron chi connectivity index (χ3n) is 19.6. The number of anilines is 5. The molecule has 5 heterocycles. The van der Waals surface area contributed by atoms with Crippen molar-refractivity contribution in [1.82, 2.24) is 4.57 Å². The lowest BCUT2D eigenvalue weighted by atomic mass is 9.43. The van der Waals surface area contributed by atoms with Crippen molar-refractivity contribution >= 4 is 121 Å². The zero-order valence-corrected chi connectivity index (χ0v) is 52.4. The van der Waals surface area contributed by atoms with Crippen molar-refractivity contribution in [3.05, 3.63) is 215 Å². The molecule has 0 amide bonds. The van der Waals surface area contributed by atoms with Crippen LogP contribution in [0, 0.1) is 0 Å². The summed E-state index contributed by atoms with van der Waals surface area (Å²) in [6.45, 7) is 32.4. The average Bonchev–Trinajstić information content (AvgIpc) is 1.57. The van der Waals surface area contributed by atoms with Gasteiger partial charge in [-0.05, 0) is 162 Å². The fourth-order valence-corrected chi connectivity index (χ4v) is 16.1. The molecule has 3 aromatic heterocycles. The van der Waals surface area contributed by atoms with Gasteiger partial charge in [-0.1, -0.05) is 194 Å². The predicted octanol–water partition coefficient (Wildman–Crippen LogP) is 21.3. The molecule has 10 aromatic carbocycles. The van der Waals surface area contributed by atoms with E-state index in [4.69, 9.17) is 4.42 Å². The van der Waals surface area contributed by atoms with Crippen molar-refractivity contribution < 1.29 is 4.42 Å². The Morgan fingerprint density at radius 1 is 0.459 bits per heavy atom. The smallest absolute Gasteiger partial charge is 0.333 e. The second kappa shape index (κ2) is 17.4. The van der Waals surface area contributed by atoms with Crippen LogP contribution in [0.1, 0.15) is 130 Å². The fraction of sp³-hybridized carbons (Fsp3) is 0.241. The summed E-state index contributed by atoms with van der Waals surface area (Å²) >= 11 is 1.90. The first kappa shape index (κ1) is 52.3. The van der Waals surface area contributed by atoms with Crippen molar-refractivity contribution in [2.75, 3.05) is 9.71 Å². The maximum Gasteiger partial charge on any atom is 0.333 e. The Morgan fingerprint density at radius 3 is 1.71 bits per heavy atom. The molecule has 0 fully saturated rings. The zero-order chi connectivity index (χ0) is 58.8. The largest absolute Gasteiger partial charge is 0.455 e. The van der Waals surface area contributed by atoms with Gasteiger partial charge in [-0.3, -0.25) is 0 Å². The number of benzene rings is 10. The number of furan rings is 1. The summed E-state index contributed by atoms with van der Waals surface area (Å²) in [7, 11) is 0. The summed E-state index contributed by atoms with van der Waals surface area (Å²) in [6.07, 6.45) is 0. The Hall–Kier alpha value is -8.32. The monoisotopic (exact) mass is 1120 g/mol. The van der Waals surface area contributed by atoms with Gasteiger partial charge in [-0.25, -0.2) is 0 Å². The van der Waals surface area contributed by atoms with Crippen molar-refractivity contribution in [2.24, 2.45) is 0 Å². The highest BCUT2D eigenvalue weighted by molar-refractivity contribution is 7.26. The minimum absolute atomic E-state index is 0.0150. The quantitative estimate of drug-likeness (QED) is 0.164. The van der Waals surface area contributed by atoms with E-state index >= 15 is 0 Å². The second-order valence-electron chi connectivity index (χ2n) is 29.4. The van der Waals surface area contributed by atoms with E-state index < -0.39 is 0 Å². The van der Waals surface area contributed by atoms with E-state index in [2.05, 4.69) is 293 Å². The zero-order valence-electron chi connectivity index (χ0n) is 51.6. The predicted molar refractivity (Wildman–Crippen MR) is 367 cm³/mol. The van der Waals surface area contributed by atoms with Gasteiger partial charge >= 0.3 is 6.85 Å². The van der Waals surface area contributed by atoms with E-state index in [1.807, 2.05) is 11.3 Å². The molecule has 0 bridgehead atoms. The lowest BCUT2D eigenvalue weighted by Crippen LogP contribution is -2.60. The van der Waals surface area contributed by atoms with Gasteiger partial charge in [0.05, 0.1) is 11.0 Å². The van der Waals surface area contributed by atoms with E-state index in [1.165, 1.54) is 131 Å². The minimum atomic E-state index is -0.211. The van der Waals surface area contributed by atoms with Crippen molar-refractivity contribution in [2.45, 2.75) is 124 Å². The molecule has 6 heteroatoms. The molecule has 0 saturated carbocycles. The first-order valence-corrected chi connectivity index (χ1v) is 31.4. The summed E-state index contributed by atoms with van der Waals surface area (Å²) in [6, 6.07) is 70.6. The summed E-state index contributed by atoms with van der Waals surface area (Å²) in [5.41, 5.74) is 26.8. The van der Waals surface area contributed by atoms with E-state index in [9.17, 15) is 0 Å². The third kappa shape index (κ3) is 7.52. The lowest BCUT2D eigenvalue weighted by molar-refractivity contribution is 0.590. The van der Waals surface area contributed by atoms with Crippen LogP contribution in [0.5, 0.6) is 0 Å². The number of thiophene rings is 1. The number of aromatic nitrogens is 1. The number of fused-ring (bicyclic) bond motifs is 19. The molecule has 13 aromatic rings. The van der Waals surface area contributed by atoms with Crippen LogP contribution in [0.25, 0.3) is 91.9 Å². The maximum absolute atomic E-state index is 7.50. The van der Waals surface area contributed by atoms with Crippen molar-refractivity contribution in [1.29, 1.82) is 0 Å². The van der Waals surface area contributed by atoms with Crippen LogP contribution < -0.4 is 20.6 Å². The van der Waals surface area contributed by atoms with Gasteiger partial charge in [0.25, 0.3) is 0 Å². The number of nitrogens with zero attached hydrogens (tertiary/aromatic N) is 3. The van der Waals surface area contributed by atoms with Gasteiger partial charge < -0.3 is 18.7 Å². The molecule has 418 valence electrons. The third-order valence-corrected chi connectivity index (χ3v) is 20.7. The van der Waals surface area contributed by atoms with Gasteiger partial charge in [0.2, 0.25) is 0 Å². The molecule has 4 nitrogen and oxygen atoms in total. The maximum atomic E-state index is 7.50. The molecule has 1 aliphatic carbocycles. The van der Waals surface area contributed by atoms with Crippen LogP contribution in [0.2, 0.25) is 0 Å². The highest BCUT2D eigenvalue weighted by Crippen LogP contribution is 2.56. The van der Waals surface area contributed by atoms with E-state index in [1.54, 1.807) is 0 Å². The Bertz CT molecular complexity index is 4940. The first-order chi connectivity index (χ1) is 40.4. The Labute approximate surface area is 504 Å². The minimum Gasteiger partial charge on any atom is -0.455 e. The van der Waals surface area contributed by atoms with Crippen LogP contribution in [-0.4, -0.2) is 11.4 Å². The van der Waals surface area contributed by atoms with E-state index in [0.717, 1.165) is 33.6 Å². The summed E-state index contributed by atoms with van der Waals surface area (Å²) in [4.78, 5) is 5.16. The Morgan fingerprint density at radius 2 is 1.05 bits per heavy atom. The van der Waals surface area contributed by atoms with Crippen LogP contribution in [0.15, 0.2) is 186 Å². The van der Waals surface area contributed by atoms with Gasteiger partial charge in [-0.2, -0.15) is 0 Å². The standard InChI is InChI=1S/C79H72BN3OS/c1-75(2,3)45-23-30-49(31-24-45)81(50-32-25-46(26-33-50)76(4,5)6)52-36-37-54-57-41-59-64(44-68(57)85-67(54)40-52)83(51-34-27-47(28-35-51)77(7,8)9)80-62-43-61-56(53-19-15-17-21-60(53)79(61,13)14)42-65(62)82-63-38-29-48(78(10,11)12)39-58(63)69-70-55-20-16-18-22-66(55)84-74(70)71(59)72(80)73(69)82/h15-44H,1-14H3. The first-order valence-electron chi connectivity index (χ1n) is 30.6. The summed E-state index contributed by atoms with van der Waals surface area (Å²) in [5, 5.41) is 7.37. The number of para-hydroxylation sites is 1. The number of hydrogen-bond acceptors (Lipinski definition) is 4. The fourth-order valence-electron chi connectivity index (χ4n) is 14.9. The second-order valence-corrected chi connectivity index (χ2v) is 30.5. The molecule has 85 heavy (non-hydrogen) atoms. The van der Waals surface area contributed by atoms with E-state index in [0.29, 0.717) is 0 Å². The molecular weight excluding hydrogens is 1050 g/mol. The Kier molecular flexibility index (Phi) is 10.7. The summed E-state index contributed by atoms with van der Waals surface area (Å²) < 4.78 is 12.7. The molecule has 0 unspecified atom stereocenters. The summed E-state index contributed by atoms with van der Waals surface area (Å²) in [5.74, 6) is 0. The molecule has 0 N–H and O–H groups in total. The normalized spacial score (nSPS) is 14.5. The molecular formula is C79H72BN3OS. The van der Waals surface area contributed by atoms with Crippen molar-refractivity contribution in [3.8, 4) is 27.9 Å². The Balaban J connectivity index is 1.02. The topological polar surface area (TPSA) is 24.6 Å². The molecule has 2 aliphatic heterocycles. The van der Waals surface area contributed by atoms with Crippen LogP contribution in [0.4, 0.5) is 28.4 Å². The van der Waals surface area contributed by atoms with Crippen LogP contribution >= 0.6 is 11.3 Å². The van der Waals surface area contributed by atoms with Crippen LogP contribution in [-0.2, 0) is 27.1 Å². The van der Waals surface area contributed by atoms with Crippen LogP contribution in [0.3, 0.4) is 0 Å². The molecule has 16 rings (SSSR count). The highest BCUT2D eigenvalue weighted by atomic mass is 32.1. The molecule has 0 spiro atoms. The SMILES string of the molecule is CC(C)(C)c1ccc(N2B3c4cc5c(cc4-n4c6ccc(C(C)(C)C)cc6c6c7c(oc8ccccc87)c(c3c64)-c3cc4c(cc32)sc2cc(N(c3ccc(C(C)(C)C)cc3)c3ccc(C(C)(C)C)cc3)ccc24)-c2ccccc2C5(C)C)cc1. The van der Waals surface area contributed by atoms with Crippen molar-refractivity contribution in [3.63, 3.8) is 0 Å².